The highest BCUT2D eigenvalue weighted by Gasteiger charge is 2.31. The van der Waals surface area contributed by atoms with Crippen LogP contribution in [0.5, 0.6) is 0 Å². The van der Waals surface area contributed by atoms with Gasteiger partial charge in [0.15, 0.2) is 0 Å². The van der Waals surface area contributed by atoms with Gasteiger partial charge in [-0.15, -0.1) is 0 Å². The number of carbonyl (C=O) groups excluding carboxylic acids is 1. The topological polar surface area (TPSA) is 57.6 Å². The molecule has 0 aliphatic heterocycles. The molecule has 20 heavy (non-hydrogen) atoms. The molecule has 1 amide bonds. The summed E-state index contributed by atoms with van der Waals surface area (Å²) in [5.41, 5.74) is 0.475. The Morgan fingerprint density at radius 2 is 2.00 bits per heavy atom. The van der Waals surface area contributed by atoms with Crippen LogP contribution in [0.2, 0.25) is 0 Å². The molecule has 0 saturated heterocycles. The maximum absolute atomic E-state index is 12.2. The minimum atomic E-state index is -4.47. The number of benzene rings is 1. The van der Waals surface area contributed by atoms with Gasteiger partial charge < -0.3 is 10.0 Å². The third kappa shape index (κ3) is 5.13. The lowest BCUT2D eigenvalue weighted by Gasteiger charge is -2.19. The van der Waals surface area contributed by atoms with Crippen LogP contribution in [0.1, 0.15) is 15.9 Å². The third-order valence-electron chi connectivity index (χ3n) is 2.32. The number of nitrogens with zero attached hydrogens (tertiary/aromatic N) is 1. The van der Waals surface area contributed by atoms with Crippen molar-refractivity contribution < 1.29 is 27.9 Å². The van der Waals surface area contributed by atoms with Crippen molar-refractivity contribution in [1.29, 1.82) is 0 Å². The van der Waals surface area contributed by atoms with Gasteiger partial charge in [-0.1, -0.05) is 12.1 Å². The second-order valence-corrected chi connectivity index (χ2v) is 4.07. The number of carboxylic acids is 1. The molecule has 1 aromatic carbocycles. The average Bonchev–Trinajstić information content (AvgIpc) is 2.33. The molecule has 0 saturated carbocycles. The molecule has 7 heteroatoms. The maximum atomic E-state index is 12.2. The maximum Gasteiger partial charge on any atom is 0.406 e. The van der Waals surface area contributed by atoms with Crippen LogP contribution in [0.25, 0.3) is 6.08 Å². The van der Waals surface area contributed by atoms with E-state index in [1.807, 2.05) is 0 Å². The summed E-state index contributed by atoms with van der Waals surface area (Å²) in [5.74, 6) is -1.94. The van der Waals surface area contributed by atoms with E-state index in [2.05, 4.69) is 0 Å². The molecule has 0 radical (unpaired) electrons. The summed E-state index contributed by atoms with van der Waals surface area (Å²) in [6, 6.07) is 5.71. The number of aliphatic carboxylic acids is 1. The molecular weight excluding hydrogens is 275 g/mol. The summed E-state index contributed by atoms with van der Waals surface area (Å²) in [6.45, 7) is -1.35. The number of halogens is 3. The molecule has 0 aliphatic rings. The van der Waals surface area contributed by atoms with Gasteiger partial charge in [-0.25, -0.2) is 4.79 Å². The molecule has 0 aromatic heterocycles. The molecule has 1 N–H and O–H groups in total. The van der Waals surface area contributed by atoms with Crippen molar-refractivity contribution in [3.63, 3.8) is 0 Å². The Balaban J connectivity index is 2.89. The zero-order chi connectivity index (χ0) is 15.3. The first kappa shape index (κ1) is 15.7. The van der Waals surface area contributed by atoms with Crippen LogP contribution < -0.4 is 0 Å². The Morgan fingerprint density at radius 3 is 2.55 bits per heavy atom. The van der Waals surface area contributed by atoms with Crippen LogP contribution in [0.3, 0.4) is 0 Å². The van der Waals surface area contributed by atoms with Gasteiger partial charge in [0.25, 0.3) is 5.91 Å². The van der Waals surface area contributed by atoms with E-state index in [4.69, 9.17) is 5.11 Å². The Labute approximate surface area is 113 Å². The fourth-order valence-electron chi connectivity index (χ4n) is 1.50. The third-order valence-corrected chi connectivity index (χ3v) is 2.32. The predicted molar refractivity (Wildman–Crippen MR) is 66.1 cm³/mol. The first-order valence-electron chi connectivity index (χ1n) is 5.52. The Bertz CT molecular complexity index is 538. The number of rotatable bonds is 4. The summed E-state index contributed by atoms with van der Waals surface area (Å²) >= 11 is 0. The quantitative estimate of drug-likeness (QED) is 0.865. The predicted octanol–water partition coefficient (Wildman–Crippen LogP) is 2.42. The van der Waals surface area contributed by atoms with E-state index in [0.29, 0.717) is 10.5 Å². The van der Waals surface area contributed by atoms with Crippen molar-refractivity contribution in [2.75, 3.05) is 13.6 Å². The fourth-order valence-corrected chi connectivity index (χ4v) is 1.50. The first-order valence-corrected chi connectivity index (χ1v) is 5.52. The molecule has 0 aliphatic carbocycles. The minimum Gasteiger partial charge on any atom is -0.478 e. The Morgan fingerprint density at radius 1 is 1.35 bits per heavy atom. The second kappa shape index (κ2) is 6.23. The van der Waals surface area contributed by atoms with Crippen LogP contribution in [0, 0.1) is 0 Å². The normalized spacial score (nSPS) is 11.6. The fraction of sp³-hybridized carbons (Fsp3) is 0.231. The monoisotopic (exact) mass is 287 g/mol. The smallest absolute Gasteiger partial charge is 0.406 e. The van der Waals surface area contributed by atoms with Gasteiger partial charge >= 0.3 is 12.1 Å². The highest BCUT2D eigenvalue weighted by Crippen LogP contribution is 2.17. The van der Waals surface area contributed by atoms with Crippen LogP contribution in [0.4, 0.5) is 13.2 Å². The van der Waals surface area contributed by atoms with Crippen molar-refractivity contribution in [2.24, 2.45) is 0 Å². The Kier molecular flexibility index (Phi) is 4.90. The van der Waals surface area contributed by atoms with Crippen LogP contribution >= 0.6 is 0 Å². The van der Waals surface area contributed by atoms with Crippen LogP contribution in [-0.4, -0.2) is 41.7 Å². The number of hydrogen-bond donors (Lipinski definition) is 1. The molecule has 0 spiro atoms. The first-order chi connectivity index (χ1) is 9.19. The molecule has 4 nitrogen and oxygen atoms in total. The molecule has 108 valence electrons. The molecule has 0 heterocycles. The van der Waals surface area contributed by atoms with Gasteiger partial charge in [0.05, 0.1) is 0 Å². The zero-order valence-corrected chi connectivity index (χ0v) is 10.5. The van der Waals surface area contributed by atoms with Gasteiger partial charge in [0.1, 0.15) is 6.54 Å². The van der Waals surface area contributed by atoms with Crippen molar-refractivity contribution in [2.45, 2.75) is 6.18 Å². The number of carboxylic acid groups (broad SMARTS) is 1. The molecule has 0 fully saturated rings. The number of alkyl halides is 3. The Hall–Kier alpha value is -2.31. The van der Waals surface area contributed by atoms with Gasteiger partial charge in [-0.2, -0.15) is 13.2 Å². The van der Waals surface area contributed by atoms with E-state index in [0.717, 1.165) is 13.1 Å². The molecule has 1 rings (SSSR count). The summed E-state index contributed by atoms with van der Waals surface area (Å²) in [6.07, 6.45) is -2.34. The molecular formula is C13H12F3NO3. The molecule has 0 unspecified atom stereocenters. The lowest BCUT2D eigenvalue weighted by Crippen LogP contribution is -2.35. The van der Waals surface area contributed by atoms with Gasteiger partial charge in [0.2, 0.25) is 0 Å². The highest BCUT2D eigenvalue weighted by molar-refractivity contribution is 5.95. The van der Waals surface area contributed by atoms with E-state index in [1.165, 1.54) is 24.3 Å². The van der Waals surface area contributed by atoms with Crippen molar-refractivity contribution >= 4 is 18.0 Å². The molecule has 0 bridgehead atoms. The van der Waals surface area contributed by atoms with E-state index >= 15 is 0 Å². The zero-order valence-electron chi connectivity index (χ0n) is 10.5. The van der Waals surface area contributed by atoms with Crippen LogP contribution in [0.15, 0.2) is 30.3 Å². The van der Waals surface area contributed by atoms with Crippen LogP contribution in [-0.2, 0) is 4.79 Å². The van der Waals surface area contributed by atoms with Crippen molar-refractivity contribution in [3.05, 3.63) is 41.5 Å². The lowest BCUT2D eigenvalue weighted by atomic mass is 10.1. The second-order valence-electron chi connectivity index (χ2n) is 4.07. The molecule has 0 atom stereocenters. The summed E-state index contributed by atoms with van der Waals surface area (Å²) in [5, 5.41) is 8.48. The van der Waals surface area contributed by atoms with Crippen molar-refractivity contribution in [1.82, 2.24) is 4.90 Å². The largest absolute Gasteiger partial charge is 0.478 e. The average molecular weight is 287 g/mol. The number of hydrogen-bond acceptors (Lipinski definition) is 2. The van der Waals surface area contributed by atoms with E-state index < -0.39 is 24.6 Å². The number of carbonyl (C=O) groups is 2. The SMILES string of the molecule is CN(CC(F)(F)F)C(=O)c1cccc(C=CC(=O)O)c1. The van der Waals surface area contributed by atoms with E-state index in [1.54, 1.807) is 6.07 Å². The summed E-state index contributed by atoms with van der Waals surface area (Å²) in [4.78, 5) is 22.7. The van der Waals surface area contributed by atoms with Gasteiger partial charge in [-0.05, 0) is 23.8 Å². The van der Waals surface area contributed by atoms with E-state index in [-0.39, 0.29) is 5.56 Å². The minimum absolute atomic E-state index is 0.0595. The van der Waals surface area contributed by atoms with E-state index in [9.17, 15) is 22.8 Å². The highest BCUT2D eigenvalue weighted by atomic mass is 19.4. The number of amides is 1. The summed E-state index contributed by atoms with van der Waals surface area (Å²) in [7, 11) is 1.05. The lowest BCUT2D eigenvalue weighted by molar-refractivity contribution is -0.138. The van der Waals surface area contributed by atoms with Gasteiger partial charge in [-0.3, -0.25) is 4.79 Å². The van der Waals surface area contributed by atoms with Crippen molar-refractivity contribution in [3.8, 4) is 0 Å². The summed E-state index contributed by atoms with van der Waals surface area (Å²) < 4.78 is 36.6. The standard InChI is InChI=1S/C13H12F3NO3/c1-17(8-13(14,15)16)12(20)10-4-2-3-9(7-10)5-6-11(18)19/h2-7H,8H2,1H3,(H,18,19). The molecule has 1 aromatic rings. The van der Waals surface area contributed by atoms with Gasteiger partial charge in [0, 0.05) is 18.7 Å².